The van der Waals surface area contributed by atoms with Gasteiger partial charge in [-0.25, -0.2) is 0 Å². The maximum Gasteiger partial charge on any atom is 0.387 e. The summed E-state index contributed by atoms with van der Waals surface area (Å²) in [6.45, 7) is -0.671. The van der Waals surface area contributed by atoms with Crippen LogP contribution in [0.2, 0.25) is 0 Å². The summed E-state index contributed by atoms with van der Waals surface area (Å²) in [5, 5.41) is 6.31. The van der Waals surface area contributed by atoms with Crippen LogP contribution in [-0.4, -0.2) is 43.3 Å². The number of ether oxygens (including phenoxy) is 2. The highest BCUT2D eigenvalue weighted by Gasteiger charge is 2.13. The summed E-state index contributed by atoms with van der Waals surface area (Å²) < 4.78 is 39.0. The van der Waals surface area contributed by atoms with Gasteiger partial charge in [-0.1, -0.05) is 11.2 Å². The molecule has 0 aliphatic heterocycles. The highest BCUT2D eigenvalue weighted by atomic mass is 19.3. The Morgan fingerprint density at radius 1 is 1.36 bits per heavy atom. The Balaban J connectivity index is 1.93. The van der Waals surface area contributed by atoms with Crippen molar-refractivity contribution in [2.45, 2.75) is 20.1 Å². The molecule has 1 amide bonds. The second-order valence-electron chi connectivity index (χ2n) is 5.41. The van der Waals surface area contributed by atoms with Gasteiger partial charge < -0.3 is 19.3 Å². The molecule has 0 aliphatic rings. The molecule has 0 fully saturated rings. The average Bonchev–Trinajstić information content (AvgIpc) is 2.92. The van der Waals surface area contributed by atoms with Crippen LogP contribution in [-0.2, 0) is 11.3 Å². The van der Waals surface area contributed by atoms with Gasteiger partial charge in [0.05, 0.1) is 13.7 Å². The Morgan fingerprint density at radius 2 is 2.12 bits per heavy atom. The monoisotopic (exact) mass is 355 g/mol. The maximum atomic E-state index is 12.3. The third-order valence-corrected chi connectivity index (χ3v) is 3.21. The Kier molecular flexibility index (Phi) is 6.29. The summed E-state index contributed by atoms with van der Waals surface area (Å²) >= 11 is 0. The fraction of sp³-hybridized carbons (Fsp3) is 0.375. The second kappa shape index (κ2) is 8.43. The van der Waals surface area contributed by atoms with E-state index in [9.17, 15) is 13.6 Å². The fourth-order valence-corrected chi connectivity index (χ4v) is 2.22. The Hall–Kier alpha value is -2.68. The minimum absolute atomic E-state index is 0.0388. The predicted octanol–water partition coefficient (Wildman–Crippen LogP) is 2.66. The van der Waals surface area contributed by atoms with Crippen molar-refractivity contribution in [1.82, 2.24) is 10.1 Å². The molecule has 0 saturated heterocycles. The summed E-state index contributed by atoms with van der Waals surface area (Å²) in [5.74, 6) is 0.866. The van der Waals surface area contributed by atoms with Crippen molar-refractivity contribution in [3.63, 3.8) is 0 Å². The molecule has 1 aromatic carbocycles. The van der Waals surface area contributed by atoms with E-state index < -0.39 is 6.61 Å². The molecule has 0 spiro atoms. The predicted molar refractivity (Wildman–Crippen MR) is 85.8 cm³/mol. The number of rotatable bonds is 8. The van der Waals surface area contributed by atoms with Crippen LogP contribution in [0.5, 0.6) is 11.5 Å². The lowest BCUT2D eigenvalue weighted by Gasteiger charge is -2.17. The smallest absolute Gasteiger partial charge is 0.387 e. The molecular formula is C16H19F2N3O4. The highest BCUT2D eigenvalue weighted by Crippen LogP contribution is 2.29. The minimum Gasteiger partial charge on any atom is -0.493 e. The number of likely N-dealkylation sites (N-methyl/N-ethyl adjacent to an activating group) is 1. The van der Waals surface area contributed by atoms with Gasteiger partial charge in [0.15, 0.2) is 17.3 Å². The van der Waals surface area contributed by atoms with Crippen LogP contribution in [0, 0.1) is 6.92 Å². The first-order chi connectivity index (χ1) is 11.9. The van der Waals surface area contributed by atoms with Crippen LogP contribution in [0.3, 0.4) is 0 Å². The third-order valence-electron chi connectivity index (χ3n) is 3.21. The lowest BCUT2D eigenvalue weighted by molar-refractivity contribution is -0.117. The van der Waals surface area contributed by atoms with E-state index >= 15 is 0 Å². The second-order valence-corrected chi connectivity index (χ2v) is 5.41. The van der Waals surface area contributed by atoms with Crippen molar-refractivity contribution in [1.29, 1.82) is 0 Å². The van der Waals surface area contributed by atoms with E-state index in [2.05, 4.69) is 15.2 Å². The number of halogens is 2. The van der Waals surface area contributed by atoms with Crippen LogP contribution in [0.1, 0.15) is 11.3 Å². The van der Waals surface area contributed by atoms with Crippen molar-refractivity contribution in [3.8, 4) is 11.5 Å². The molecule has 1 aromatic heterocycles. The zero-order chi connectivity index (χ0) is 18.4. The van der Waals surface area contributed by atoms with Crippen molar-refractivity contribution < 1.29 is 27.6 Å². The van der Waals surface area contributed by atoms with Gasteiger partial charge in [-0.05, 0) is 31.7 Å². The van der Waals surface area contributed by atoms with Crippen molar-refractivity contribution >= 4 is 11.7 Å². The quantitative estimate of drug-likeness (QED) is 0.785. The van der Waals surface area contributed by atoms with Crippen molar-refractivity contribution in [3.05, 3.63) is 35.6 Å². The number of carbonyl (C=O) groups is 1. The zero-order valence-corrected chi connectivity index (χ0v) is 14.1. The summed E-state index contributed by atoms with van der Waals surface area (Å²) in [6, 6.07) is 6.25. The van der Waals surface area contributed by atoms with E-state index in [1.54, 1.807) is 37.1 Å². The van der Waals surface area contributed by atoms with Crippen LogP contribution in [0.4, 0.5) is 14.6 Å². The highest BCUT2D eigenvalue weighted by molar-refractivity contribution is 5.91. The Bertz CT molecular complexity index is 721. The first-order valence-corrected chi connectivity index (χ1v) is 7.41. The van der Waals surface area contributed by atoms with Gasteiger partial charge in [0, 0.05) is 12.6 Å². The number of hydrogen-bond acceptors (Lipinski definition) is 6. The molecule has 0 bridgehead atoms. The summed E-state index contributed by atoms with van der Waals surface area (Å²) in [5.41, 5.74) is 0.783. The largest absolute Gasteiger partial charge is 0.493 e. The zero-order valence-electron chi connectivity index (χ0n) is 14.1. The molecule has 9 heteroatoms. The summed E-state index contributed by atoms with van der Waals surface area (Å²) in [6.07, 6.45) is 0. The molecule has 0 aliphatic carbocycles. The maximum absolute atomic E-state index is 12.3. The third kappa shape index (κ3) is 5.71. The SMILES string of the molecule is COc1cc(CN(C)CC(=O)Nc2cc(C)on2)ccc1OC(F)F. The molecule has 2 aromatic rings. The van der Waals surface area contributed by atoms with Gasteiger partial charge in [-0.2, -0.15) is 8.78 Å². The summed E-state index contributed by atoms with van der Waals surface area (Å²) in [4.78, 5) is 13.7. The van der Waals surface area contributed by atoms with Gasteiger partial charge in [0.25, 0.3) is 0 Å². The Morgan fingerprint density at radius 3 is 2.72 bits per heavy atom. The molecule has 2 rings (SSSR count). The van der Waals surface area contributed by atoms with E-state index in [1.165, 1.54) is 13.2 Å². The number of benzene rings is 1. The molecular weight excluding hydrogens is 336 g/mol. The Labute approximate surface area is 143 Å². The fourth-order valence-electron chi connectivity index (χ4n) is 2.22. The molecule has 0 radical (unpaired) electrons. The van der Waals surface area contributed by atoms with Gasteiger partial charge in [0.1, 0.15) is 5.76 Å². The van der Waals surface area contributed by atoms with Gasteiger partial charge in [0.2, 0.25) is 5.91 Å². The van der Waals surface area contributed by atoms with Gasteiger partial charge >= 0.3 is 6.61 Å². The number of amides is 1. The molecule has 25 heavy (non-hydrogen) atoms. The first kappa shape index (κ1) is 18.7. The summed E-state index contributed by atoms with van der Waals surface area (Å²) in [7, 11) is 3.12. The van der Waals surface area contributed by atoms with Crippen LogP contribution < -0.4 is 14.8 Å². The number of carbonyl (C=O) groups excluding carboxylic acids is 1. The van der Waals surface area contributed by atoms with Crippen LogP contribution in [0.25, 0.3) is 0 Å². The molecule has 7 nitrogen and oxygen atoms in total. The lowest BCUT2D eigenvalue weighted by atomic mass is 10.2. The topological polar surface area (TPSA) is 76.8 Å². The first-order valence-electron chi connectivity index (χ1n) is 7.41. The number of nitrogens with one attached hydrogen (secondary N) is 1. The van der Waals surface area contributed by atoms with Crippen molar-refractivity contribution in [2.75, 3.05) is 26.0 Å². The number of nitrogens with zero attached hydrogens (tertiary/aromatic N) is 2. The molecule has 0 unspecified atom stereocenters. The average molecular weight is 355 g/mol. The number of aryl methyl sites for hydroxylation is 1. The molecule has 0 atom stereocenters. The lowest BCUT2D eigenvalue weighted by Crippen LogP contribution is -2.29. The van der Waals surface area contributed by atoms with E-state index in [0.29, 0.717) is 18.1 Å². The molecule has 136 valence electrons. The van der Waals surface area contributed by atoms with Gasteiger partial charge in [-0.15, -0.1) is 0 Å². The molecule has 0 saturated carbocycles. The van der Waals surface area contributed by atoms with Crippen molar-refractivity contribution in [2.24, 2.45) is 0 Å². The number of methoxy groups -OCH3 is 1. The molecule has 1 heterocycles. The number of aromatic nitrogens is 1. The molecule has 1 N–H and O–H groups in total. The van der Waals surface area contributed by atoms with Crippen LogP contribution >= 0.6 is 0 Å². The standard InChI is InChI=1S/C16H19F2N3O4/c1-10-6-14(20-25-10)19-15(22)9-21(2)8-11-4-5-12(24-16(17)18)13(7-11)23-3/h4-7,16H,8-9H2,1-3H3,(H,19,20,22). The van der Waals surface area contributed by atoms with E-state index in [1.807, 2.05) is 0 Å². The van der Waals surface area contributed by atoms with E-state index in [-0.39, 0.29) is 24.0 Å². The number of alkyl halides is 2. The normalized spacial score (nSPS) is 11.0. The number of anilines is 1. The number of hydrogen-bond donors (Lipinski definition) is 1. The minimum atomic E-state index is -2.92. The van der Waals surface area contributed by atoms with E-state index in [0.717, 1.165) is 5.56 Å². The van der Waals surface area contributed by atoms with E-state index in [4.69, 9.17) is 9.26 Å². The van der Waals surface area contributed by atoms with Gasteiger partial charge in [-0.3, -0.25) is 9.69 Å². The van der Waals surface area contributed by atoms with Crippen LogP contribution in [0.15, 0.2) is 28.8 Å².